The average molecular weight is 287 g/mol. The van der Waals surface area contributed by atoms with Gasteiger partial charge < -0.3 is 15.7 Å². The van der Waals surface area contributed by atoms with Gasteiger partial charge in [-0.1, -0.05) is 6.92 Å². The lowest BCUT2D eigenvalue weighted by atomic mass is 10.1. The molecule has 3 N–H and O–H groups in total. The monoisotopic (exact) mass is 286 g/mol. The number of hydrogen-bond acceptors (Lipinski definition) is 3. The standard InChI is InChI=1S/C12H19BrN2O/c1-3-4-15(5-6-16)12-7-9(2)11(14)8-10(12)13/h7-8,16H,3-6,14H2,1-2H3. The highest BCUT2D eigenvalue weighted by molar-refractivity contribution is 9.10. The van der Waals surface area contributed by atoms with E-state index in [1.54, 1.807) is 0 Å². The van der Waals surface area contributed by atoms with Gasteiger partial charge in [0.15, 0.2) is 0 Å². The fourth-order valence-electron chi connectivity index (χ4n) is 1.67. The van der Waals surface area contributed by atoms with E-state index in [0.717, 1.165) is 34.4 Å². The van der Waals surface area contributed by atoms with Gasteiger partial charge >= 0.3 is 0 Å². The second-order valence-corrected chi connectivity index (χ2v) is 4.73. The highest BCUT2D eigenvalue weighted by Crippen LogP contribution is 2.30. The van der Waals surface area contributed by atoms with Crippen molar-refractivity contribution in [2.75, 3.05) is 30.3 Å². The molecule has 1 aromatic carbocycles. The van der Waals surface area contributed by atoms with Crippen LogP contribution in [-0.2, 0) is 0 Å². The quantitative estimate of drug-likeness (QED) is 0.818. The van der Waals surface area contributed by atoms with Crippen molar-refractivity contribution in [1.82, 2.24) is 0 Å². The van der Waals surface area contributed by atoms with Crippen molar-refractivity contribution in [3.63, 3.8) is 0 Å². The van der Waals surface area contributed by atoms with E-state index in [9.17, 15) is 0 Å². The first-order valence-corrected chi connectivity index (χ1v) is 6.30. The number of aliphatic hydroxyl groups is 1. The number of halogens is 1. The molecule has 0 aliphatic carbocycles. The maximum absolute atomic E-state index is 9.06. The number of rotatable bonds is 5. The molecule has 0 saturated heterocycles. The minimum atomic E-state index is 0.163. The van der Waals surface area contributed by atoms with Crippen LogP contribution in [0.15, 0.2) is 16.6 Å². The van der Waals surface area contributed by atoms with E-state index in [2.05, 4.69) is 33.8 Å². The molecule has 0 fully saturated rings. The largest absolute Gasteiger partial charge is 0.398 e. The van der Waals surface area contributed by atoms with Gasteiger partial charge in [-0.25, -0.2) is 0 Å². The lowest BCUT2D eigenvalue weighted by molar-refractivity contribution is 0.302. The molecule has 0 aliphatic rings. The first-order valence-electron chi connectivity index (χ1n) is 5.51. The summed E-state index contributed by atoms with van der Waals surface area (Å²) in [5.41, 5.74) is 8.79. The molecule has 1 aromatic rings. The highest BCUT2D eigenvalue weighted by atomic mass is 79.9. The number of nitrogens with zero attached hydrogens (tertiary/aromatic N) is 1. The molecule has 0 spiro atoms. The molecule has 16 heavy (non-hydrogen) atoms. The van der Waals surface area contributed by atoms with Crippen LogP contribution < -0.4 is 10.6 Å². The number of nitrogen functional groups attached to an aromatic ring is 1. The molecule has 90 valence electrons. The van der Waals surface area contributed by atoms with Gasteiger partial charge in [0.25, 0.3) is 0 Å². The van der Waals surface area contributed by atoms with Crippen molar-refractivity contribution in [1.29, 1.82) is 0 Å². The topological polar surface area (TPSA) is 49.5 Å². The van der Waals surface area contributed by atoms with Crippen molar-refractivity contribution < 1.29 is 5.11 Å². The maximum atomic E-state index is 9.06. The molecule has 0 aromatic heterocycles. The number of nitrogens with two attached hydrogens (primary N) is 1. The lowest BCUT2D eigenvalue weighted by Gasteiger charge is -2.25. The normalized spacial score (nSPS) is 10.5. The second kappa shape index (κ2) is 6.11. The fraction of sp³-hybridized carbons (Fsp3) is 0.500. The predicted octanol–water partition coefficient (Wildman–Crippen LogP) is 2.55. The Hall–Kier alpha value is -0.740. The first-order chi connectivity index (χ1) is 7.60. The minimum Gasteiger partial charge on any atom is -0.398 e. The van der Waals surface area contributed by atoms with E-state index in [1.807, 2.05) is 13.0 Å². The zero-order chi connectivity index (χ0) is 12.1. The van der Waals surface area contributed by atoms with Gasteiger partial charge in [0.05, 0.1) is 12.3 Å². The van der Waals surface area contributed by atoms with E-state index >= 15 is 0 Å². The third kappa shape index (κ3) is 3.12. The molecule has 0 heterocycles. The van der Waals surface area contributed by atoms with Crippen LogP contribution in [0.5, 0.6) is 0 Å². The van der Waals surface area contributed by atoms with E-state index in [0.29, 0.717) is 6.54 Å². The number of hydrogen-bond donors (Lipinski definition) is 2. The molecule has 1 rings (SSSR count). The molecule has 0 bridgehead atoms. The van der Waals surface area contributed by atoms with E-state index in [-0.39, 0.29) is 6.61 Å². The zero-order valence-electron chi connectivity index (χ0n) is 9.83. The summed E-state index contributed by atoms with van der Waals surface area (Å²) >= 11 is 3.52. The second-order valence-electron chi connectivity index (χ2n) is 3.87. The average Bonchev–Trinajstić information content (AvgIpc) is 2.23. The Bertz CT molecular complexity index is 349. The number of aliphatic hydroxyl groups excluding tert-OH is 1. The van der Waals surface area contributed by atoms with Crippen LogP contribution in [0.1, 0.15) is 18.9 Å². The predicted molar refractivity (Wildman–Crippen MR) is 72.9 cm³/mol. The molecule has 0 unspecified atom stereocenters. The molecule has 0 aliphatic heterocycles. The van der Waals surface area contributed by atoms with Crippen LogP contribution in [0.4, 0.5) is 11.4 Å². The summed E-state index contributed by atoms with van der Waals surface area (Å²) in [6, 6.07) is 3.98. The van der Waals surface area contributed by atoms with Crippen LogP contribution in [0.25, 0.3) is 0 Å². The lowest BCUT2D eigenvalue weighted by Crippen LogP contribution is -2.27. The van der Waals surface area contributed by atoms with Crippen molar-refractivity contribution in [3.05, 3.63) is 22.2 Å². The minimum absolute atomic E-state index is 0.163. The molecular formula is C12H19BrN2O. The Labute approximate surface area is 105 Å². The zero-order valence-corrected chi connectivity index (χ0v) is 11.4. The highest BCUT2D eigenvalue weighted by Gasteiger charge is 2.10. The summed E-state index contributed by atoms with van der Waals surface area (Å²) in [6.45, 7) is 5.87. The summed E-state index contributed by atoms with van der Waals surface area (Å²) in [7, 11) is 0. The molecule has 0 radical (unpaired) electrons. The summed E-state index contributed by atoms with van der Waals surface area (Å²) < 4.78 is 0.984. The Balaban J connectivity index is 3.03. The van der Waals surface area contributed by atoms with Gasteiger partial charge in [0.1, 0.15) is 0 Å². The van der Waals surface area contributed by atoms with Crippen molar-refractivity contribution in [2.24, 2.45) is 0 Å². The van der Waals surface area contributed by atoms with Crippen molar-refractivity contribution in [3.8, 4) is 0 Å². The Morgan fingerprint density at radius 1 is 1.38 bits per heavy atom. The number of benzene rings is 1. The first kappa shape index (κ1) is 13.3. The Kier molecular flexibility index (Phi) is 5.09. The Morgan fingerprint density at radius 2 is 2.06 bits per heavy atom. The number of aryl methyl sites for hydroxylation is 1. The summed E-state index contributed by atoms with van der Waals surface area (Å²) in [5, 5.41) is 9.06. The van der Waals surface area contributed by atoms with Crippen LogP contribution in [-0.4, -0.2) is 24.8 Å². The molecular weight excluding hydrogens is 268 g/mol. The van der Waals surface area contributed by atoms with Crippen LogP contribution >= 0.6 is 15.9 Å². The molecule has 4 heteroatoms. The van der Waals surface area contributed by atoms with Gasteiger partial charge in [-0.05, 0) is 47.0 Å². The maximum Gasteiger partial charge on any atom is 0.0606 e. The SMILES string of the molecule is CCCN(CCO)c1cc(C)c(N)cc1Br. The fourth-order valence-corrected chi connectivity index (χ4v) is 2.28. The van der Waals surface area contributed by atoms with Gasteiger partial charge in [-0.2, -0.15) is 0 Å². The van der Waals surface area contributed by atoms with Crippen LogP contribution in [0.2, 0.25) is 0 Å². The molecule has 0 amide bonds. The molecule has 3 nitrogen and oxygen atoms in total. The smallest absolute Gasteiger partial charge is 0.0606 e. The van der Waals surface area contributed by atoms with Gasteiger partial charge in [-0.15, -0.1) is 0 Å². The molecule has 0 saturated carbocycles. The summed E-state index contributed by atoms with van der Waals surface area (Å²) in [6.07, 6.45) is 1.05. The van der Waals surface area contributed by atoms with Crippen LogP contribution in [0.3, 0.4) is 0 Å². The van der Waals surface area contributed by atoms with Crippen molar-refractivity contribution in [2.45, 2.75) is 20.3 Å². The third-order valence-electron chi connectivity index (χ3n) is 2.54. The van der Waals surface area contributed by atoms with Gasteiger partial charge in [0, 0.05) is 23.2 Å². The van der Waals surface area contributed by atoms with Crippen molar-refractivity contribution >= 4 is 27.3 Å². The third-order valence-corrected chi connectivity index (χ3v) is 3.17. The van der Waals surface area contributed by atoms with Gasteiger partial charge in [-0.3, -0.25) is 0 Å². The van der Waals surface area contributed by atoms with E-state index in [4.69, 9.17) is 10.8 Å². The van der Waals surface area contributed by atoms with E-state index < -0.39 is 0 Å². The summed E-state index contributed by atoms with van der Waals surface area (Å²) in [4.78, 5) is 2.16. The van der Waals surface area contributed by atoms with Crippen LogP contribution in [0, 0.1) is 6.92 Å². The summed E-state index contributed by atoms with van der Waals surface area (Å²) in [5.74, 6) is 0. The van der Waals surface area contributed by atoms with E-state index in [1.165, 1.54) is 0 Å². The molecule has 0 atom stereocenters. The number of anilines is 2. The van der Waals surface area contributed by atoms with Gasteiger partial charge in [0.2, 0.25) is 0 Å². The Morgan fingerprint density at radius 3 is 2.62 bits per heavy atom.